The molecule has 3 aromatic carbocycles. The number of carbonyl (C=O) groups excluding carboxylic acids is 1. The summed E-state index contributed by atoms with van der Waals surface area (Å²) in [4.78, 5) is 12.9. The van der Waals surface area contributed by atoms with E-state index in [2.05, 4.69) is 5.32 Å². The van der Waals surface area contributed by atoms with Gasteiger partial charge in [-0.2, -0.15) is 0 Å². The van der Waals surface area contributed by atoms with Gasteiger partial charge in [0.2, 0.25) is 5.91 Å². The zero-order chi connectivity index (χ0) is 24.7. The summed E-state index contributed by atoms with van der Waals surface area (Å²) in [6, 6.07) is 18.2. The first-order valence-electron chi connectivity index (χ1n) is 10.6. The van der Waals surface area contributed by atoms with Crippen LogP contribution in [0.4, 0.5) is 11.4 Å². The minimum absolute atomic E-state index is 0.0281. The molecule has 0 atom stereocenters. The summed E-state index contributed by atoms with van der Waals surface area (Å²) in [6.07, 6.45) is 0. The summed E-state index contributed by atoms with van der Waals surface area (Å²) in [6.45, 7) is 3.75. The van der Waals surface area contributed by atoms with E-state index in [1.807, 2.05) is 6.92 Å². The van der Waals surface area contributed by atoms with Gasteiger partial charge in [0.05, 0.1) is 26.5 Å². The molecule has 180 valence electrons. The van der Waals surface area contributed by atoms with E-state index < -0.39 is 22.5 Å². The summed E-state index contributed by atoms with van der Waals surface area (Å²) in [5.41, 5.74) is 1.58. The SMILES string of the molecule is CCOc1ccc(NC(=O)CN(c2ccc(OC)cc2)S(=O)(=O)c2cc(C)ccc2OC)cc1. The molecule has 1 amide bonds. The van der Waals surface area contributed by atoms with Crippen LogP contribution < -0.4 is 23.8 Å². The van der Waals surface area contributed by atoms with Crippen LogP contribution in [0.1, 0.15) is 12.5 Å². The van der Waals surface area contributed by atoms with Crippen LogP contribution in [-0.4, -0.2) is 41.7 Å². The smallest absolute Gasteiger partial charge is 0.268 e. The molecule has 0 aliphatic carbocycles. The van der Waals surface area contributed by atoms with Crippen molar-refractivity contribution in [3.8, 4) is 17.2 Å². The van der Waals surface area contributed by atoms with Crippen molar-refractivity contribution in [2.75, 3.05) is 37.0 Å². The molecule has 0 saturated carbocycles. The van der Waals surface area contributed by atoms with Gasteiger partial charge in [-0.15, -0.1) is 0 Å². The van der Waals surface area contributed by atoms with Gasteiger partial charge in [-0.1, -0.05) is 6.07 Å². The molecule has 0 unspecified atom stereocenters. The van der Waals surface area contributed by atoms with Crippen LogP contribution in [-0.2, 0) is 14.8 Å². The first-order chi connectivity index (χ1) is 16.3. The molecule has 0 heterocycles. The molecule has 0 bridgehead atoms. The fraction of sp³-hybridized carbons (Fsp3) is 0.240. The maximum Gasteiger partial charge on any atom is 0.268 e. The highest BCUT2D eigenvalue weighted by Gasteiger charge is 2.30. The lowest BCUT2D eigenvalue weighted by atomic mass is 10.2. The molecular weight excluding hydrogens is 456 g/mol. The summed E-state index contributed by atoms with van der Waals surface area (Å²) >= 11 is 0. The topological polar surface area (TPSA) is 94.2 Å². The number of carbonyl (C=O) groups is 1. The van der Waals surface area contributed by atoms with Crippen molar-refractivity contribution in [2.24, 2.45) is 0 Å². The van der Waals surface area contributed by atoms with Crippen LogP contribution >= 0.6 is 0 Å². The van der Waals surface area contributed by atoms with Crippen LogP contribution in [0.5, 0.6) is 17.2 Å². The number of hydrogen-bond donors (Lipinski definition) is 1. The molecule has 8 nitrogen and oxygen atoms in total. The number of nitrogens with one attached hydrogen (secondary N) is 1. The van der Waals surface area contributed by atoms with Gasteiger partial charge in [0.1, 0.15) is 28.7 Å². The minimum atomic E-state index is -4.15. The molecule has 0 fully saturated rings. The summed E-state index contributed by atoms with van der Waals surface area (Å²) in [5.74, 6) is 0.925. The Morgan fingerprint density at radius 2 is 1.56 bits per heavy atom. The zero-order valence-electron chi connectivity index (χ0n) is 19.6. The number of hydrogen-bond acceptors (Lipinski definition) is 6. The Hall–Kier alpha value is -3.72. The van der Waals surface area contributed by atoms with Crippen molar-refractivity contribution >= 4 is 27.3 Å². The Balaban J connectivity index is 1.95. The van der Waals surface area contributed by atoms with Crippen LogP contribution in [0, 0.1) is 6.92 Å². The Morgan fingerprint density at radius 1 is 0.912 bits per heavy atom. The van der Waals surface area contributed by atoms with Gasteiger partial charge in [-0.3, -0.25) is 9.10 Å². The van der Waals surface area contributed by atoms with Crippen molar-refractivity contribution in [3.63, 3.8) is 0 Å². The van der Waals surface area contributed by atoms with Gasteiger partial charge >= 0.3 is 0 Å². The monoisotopic (exact) mass is 484 g/mol. The number of amides is 1. The Kier molecular flexibility index (Phi) is 8.01. The van der Waals surface area contributed by atoms with Gasteiger partial charge < -0.3 is 19.5 Å². The van der Waals surface area contributed by atoms with E-state index in [0.717, 1.165) is 9.87 Å². The number of sulfonamides is 1. The third-order valence-electron chi connectivity index (χ3n) is 4.98. The maximum atomic E-state index is 13.7. The second-order valence-corrected chi connectivity index (χ2v) is 9.20. The van der Waals surface area contributed by atoms with E-state index in [-0.39, 0.29) is 10.6 Å². The largest absolute Gasteiger partial charge is 0.497 e. The molecule has 0 spiro atoms. The van der Waals surface area contributed by atoms with E-state index in [4.69, 9.17) is 14.2 Å². The van der Waals surface area contributed by atoms with Crippen molar-refractivity contribution in [1.29, 1.82) is 0 Å². The van der Waals surface area contributed by atoms with E-state index >= 15 is 0 Å². The quantitative estimate of drug-likeness (QED) is 0.463. The lowest BCUT2D eigenvalue weighted by molar-refractivity contribution is -0.114. The standard InChI is InChI=1S/C25H28N2O6S/c1-5-33-22-11-7-19(8-12-22)26-25(28)17-27(20-9-13-21(31-3)14-10-20)34(29,30)24-16-18(2)6-15-23(24)32-4/h6-16H,5,17H2,1-4H3,(H,26,28). The Bertz CT molecular complexity index is 1230. The molecule has 3 rings (SSSR count). The Labute approximate surface area is 200 Å². The summed E-state index contributed by atoms with van der Waals surface area (Å²) in [5, 5.41) is 2.74. The highest BCUT2D eigenvalue weighted by molar-refractivity contribution is 7.93. The third kappa shape index (κ3) is 5.79. The zero-order valence-corrected chi connectivity index (χ0v) is 20.4. The Morgan fingerprint density at radius 3 is 2.15 bits per heavy atom. The minimum Gasteiger partial charge on any atom is -0.497 e. The van der Waals surface area contributed by atoms with Crippen LogP contribution in [0.2, 0.25) is 0 Å². The normalized spacial score (nSPS) is 10.9. The molecule has 34 heavy (non-hydrogen) atoms. The maximum absolute atomic E-state index is 13.7. The third-order valence-corrected chi connectivity index (χ3v) is 6.78. The van der Waals surface area contributed by atoms with Gasteiger partial charge in [0, 0.05) is 5.69 Å². The van der Waals surface area contributed by atoms with Crippen molar-refractivity contribution in [3.05, 3.63) is 72.3 Å². The van der Waals surface area contributed by atoms with E-state index in [1.54, 1.807) is 67.6 Å². The van der Waals surface area contributed by atoms with E-state index in [9.17, 15) is 13.2 Å². The fourth-order valence-corrected chi connectivity index (χ4v) is 4.96. The predicted molar refractivity (Wildman–Crippen MR) is 131 cm³/mol. The average molecular weight is 485 g/mol. The number of aryl methyl sites for hydroxylation is 1. The number of nitrogens with zero attached hydrogens (tertiary/aromatic N) is 1. The lowest BCUT2D eigenvalue weighted by Gasteiger charge is -2.25. The van der Waals surface area contributed by atoms with Crippen LogP contribution in [0.3, 0.4) is 0 Å². The second-order valence-electron chi connectivity index (χ2n) is 7.37. The molecule has 0 aliphatic heterocycles. The van der Waals surface area contributed by atoms with E-state index in [1.165, 1.54) is 20.3 Å². The number of rotatable bonds is 10. The van der Waals surface area contributed by atoms with Gasteiger partial charge in [0.15, 0.2) is 0 Å². The molecule has 1 N–H and O–H groups in total. The van der Waals surface area contributed by atoms with Crippen LogP contribution in [0.15, 0.2) is 71.6 Å². The number of ether oxygens (including phenoxy) is 3. The average Bonchev–Trinajstić information content (AvgIpc) is 2.84. The first kappa shape index (κ1) is 24.9. The number of methoxy groups -OCH3 is 2. The van der Waals surface area contributed by atoms with Gasteiger partial charge in [-0.25, -0.2) is 8.42 Å². The van der Waals surface area contributed by atoms with E-state index in [0.29, 0.717) is 29.5 Å². The highest BCUT2D eigenvalue weighted by atomic mass is 32.2. The molecule has 0 aromatic heterocycles. The molecule has 0 saturated heterocycles. The highest BCUT2D eigenvalue weighted by Crippen LogP contribution is 2.31. The van der Waals surface area contributed by atoms with Gasteiger partial charge in [-0.05, 0) is 80.1 Å². The molecule has 9 heteroatoms. The van der Waals surface area contributed by atoms with Crippen LogP contribution in [0.25, 0.3) is 0 Å². The summed E-state index contributed by atoms with van der Waals surface area (Å²) < 4.78 is 44.4. The first-order valence-corrected chi connectivity index (χ1v) is 12.1. The second kappa shape index (κ2) is 10.9. The lowest BCUT2D eigenvalue weighted by Crippen LogP contribution is -2.38. The predicted octanol–water partition coefficient (Wildman–Crippen LogP) is 4.24. The molecular formula is C25H28N2O6S. The summed E-state index contributed by atoms with van der Waals surface area (Å²) in [7, 11) is -1.23. The van der Waals surface area contributed by atoms with Gasteiger partial charge in [0.25, 0.3) is 10.0 Å². The molecule has 3 aromatic rings. The fourth-order valence-electron chi connectivity index (χ4n) is 3.30. The number of anilines is 2. The van der Waals surface area contributed by atoms with Crippen molar-refractivity contribution < 1.29 is 27.4 Å². The van der Waals surface area contributed by atoms with Crippen molar-refractivity contribution in [1.82, 2.24) is 0 Å². The van der Waals surface area contributed by atoms with Crippen molar-refractivity contribution in [2.45, 2.75) is 18.7 Å². The number of benzene rings is 3. The molecule has 0 aliphatic rings. The molecule has 0 radical (unpaired) electrons.